The predicted octanol–water partition coefficient (Wildman–Crippen LogP) is 4.19. The van der Waals surface area contributed by atoms with Gasteiger partial charge in [-0.3, -0.25) is 0 Å². The van der Waals surface area contributed by atoms with E-state index in [-0.39, 0.29) is 6.04 Å². The third-order valence-electron chi connectivity index (χ3n) is 2.71. The molecule has 18 heavy (non-hydrogen) atoms. The number of benzene rings is 1. The van der Waals surface area contributed by atoms with Gasteiger partial charge in [0.15, 0.2) is 0 Å². The summed E-state index contributed by atoms with van der Waals surface area (Å²) in [5, 5.41) is 7.50. The van der Waals surface area contributed by atoms with Gasteiger partial charge in [0.05, 0.1) is 16.7 Å². The van der Waals surface area contributed by atoms with Crippen LogP contribution in [0.5, 0.6) is 0 Å². The molecule has 1 atom stereocenters. The number of halogens is 1. The Labute approximate surface area is 117 Å². The van der Waals surface area contributed by atoms with E-state index in [0.717, 1.165) is 28.7 Å². The van der Waals surface area contributed by atoms with E-state index < -0.39 is 0 Å². The van der Waals surface area contributed by atoms with Crippen LogP contribution in [0.4, 0.5) is 0 Å². The zero-order chi connectivity index (χ0) is 13.0. The Hall–Kier alpha value is -0.900. The van der Waals surface area contributed by atoms with Crippen molar-refractivity contribution in [1.29, 1.82) is 0 Å². The summed E-state index contributed by atoms with van der Waals surface area (Å²) >= 11 is 7.75. The summed E-state index contributed by atoms with van der Waals surface area (Å²) in [5.41, 5.74) is 2.24. The Kier molecular flexibility index (Phi) is 4.75. The molecule has 2 nitrogen and oxygen atoms in total. The molecule has 0 spiro atoms. The lowest BCUT2D eigenvalue weighted by atomic mass is 10.0. The first-order valence-corrected chi connectivity index (χ1v) is 7.37. The highest BCUT2D eigenvalue weighted by Gasteiger charge is 2.16. The van der Waals surface area contributed by atoms with E-state index in [2.05, 4.69) is 28.7 Å². The largest absolute Gasteiger partial charge is 0.305 e. The van der Waals surface area contributed by atoms with Crippen LogP contribution in [0.15, 0.2) is 29.6 Å². The number of nitrogens with zero attached hydrogens (tertiary/aromatic N) is 1. The van der Waals surface area contributed by atoms with Crippen molar-refractivity contribution >= 4 is 22.9 Å². The monoisotopic (exact) mass is 280 g/mol. The van der Waals surface area contributed by atoms with Crippen molar-refractivity contribution in [2.24, 2.45) is 0 Å². The van der Waals surface area contributed by atoms with E-state index in [1.54, 1.807) is 11.3 Å². The molecule has 1 aromatic heterocycles. The second-order valence-corrected chi connectivity index (χ2v) is 5.73. The van der Waals surface area contributed by atoms with E-state index in [4.69, 9.17) is 11.6 Å². The first-order chi connectivity index (χ1) is 8.70. The van der Waals surface area contributed by atoms with Crippen molar-refractivity contribution in [2.45, 2.75) is 26.3 Å². The number of thiazole rings is 1. The minimum Gasteiger partial charge on any atom is -0.305 e. The molecule has 0 fully saturated rings. The lowest BCUT2D eigenvalue weighted by Gasteiger charge is -2.17. The highest BCUT2D eigenvalue weighted by molar-refractivity contribution is 7.09. The van der Waals surface area contributed by atoms with Crippen LogP contribution in [0.25, 0.3) is 0 Å². The van der Waals surface area contributed by atoms with Gasteiger partial charge in [0.2, 0.25) is 0 Å². The average Bonchev–Trinajstić information content (AvgIpc) is 2.76. The predicted molar refractivity (Wildman–Crippen MR) is 78.4 cm³/mol. The summed E-state index contributed by atoms with van der Waals surface area (Å²) in [6.07, 6.45) is 1.10. The molecule has 0 radical (unpaired) electrons. The second kappa shape index (κ2) is 6.32. The fourth-order valence-corrected chi connectivity index (χ4v) is 2.72. The molecule has 0 amide bonds. The van der Waals surface area contributed by atoms with Crippen LogP contribution in [0.1, 0.15) is 35.7 Å². The Morgan fingerprint density at radius 2 is 2.28 bits per heavy atom. The fraction of sp³-hybridized carbons (Fsp3) is 0.357. The molecule has 2 rings (SSSR count). The lowest BCUT2D eigenvalue weighted by Crippen LogP contribution is -2.23. The molecule has 0 bridgehead atoms. The maximum absolute atomic E-state index is 6.07. The first-order valence-electron chi connectivity index (χ1n) is 6.11. The van der Waals surface area contributed by atoms with Gasteiger partial charge in [0.1, 0.15) is 0 Å². The minimum absolute atomic E-state index is 0.133. The van der Waals surface area contributed by atoms with Gasteiger partial charge in [0, 0.05) is 10.4 Å². The zero-order valence-corrected chi connectivity index (χ0v) is 12.2. The molecular formula is C14H17ClN2S. The van der Waals surface area contributed by atoms with E-state index in [1.807, 2.05) is 25.1 Å². The van der Waals surface area contributed by atoms with E-state index >= 15 is 0 Å². The summed E-state index contributed by atoms with van der Waals surface area (Å²) in [5.74, 6) is 0. The van der Waals surface area contributed by atoms with Crippen LogP contribution >= 0.6 is 22.9 Å². The molecule has 0 aliphatic rings. The number of aromatic nitrogens is 1. The Morgan fingerprint density at radius 1 is 1.44 bits per heavy atom. The smallest absolute Gasteiger partial charge is 0.0898 e. The van der Waals surface area contributed by atoms with Crippen LogP contribution < -0.4 is 5.32 Å². The quantitative estimate of drug-likeness (QED) is 0.888. The highest BCUT2D eigenvalue weighted by Crippen LogP contribution is 2.25. The van der Waals surface area contributed by atoms with Crippen LogP contribution in [-0.2, 0) is 0 Å². The molecule has 2 aromatic rings. The summed E-state index contributed by atoms with van der Waals surface area (Å²) in [4.78, 5) is 4.58. The maximum atomic E-state index is 6.07. The SMILES string of the molecule is CCCNC(c1cccc(Cl)c1)c1csc(C)n1. The molecule has 1 unspecified atom stereocenters. The van der Waals surface area contributed by atoms with Gasteiger partial charge in [0.25, 0.3) is 0 Å². The number of nitrogens with one attached hydrogen (secondary N) is 1. The fourth-order valence-electron chi connectivity index (χ4n) is 1.88. The molecule has 0 saturated heterocycles. The van der Waals surface area contributed by atoms with Crippen molar-refractivity contribution in [3.8, 4) is 0 Å². The highest BCUT2D eigenvalue weighted by atomic mass is 35.5. The van der Waals surface area contributed by atoms with Gasteiger partial charge in [-0.1, -0.05) is 30.7 Å². The Bertz CT molecular complexity index is 510. The second-order valence-electron chi connectivity index (χ2n) is 4.23. The van der Waals surface area contributed by atoms with E-state index in [9.17, 15) is 0 Å². The number of hydrogen-bond acceptors (Lipinski definition) is 3. The summed E-state index contributed by atoms with van der Waals surface area (Å²) in [7, 11) is 0. The van der Waals surface area contributed by atoms with Gasteiger partial charge >= 0.3 is 0 Å². The van der Waals surface area contributed by atoms with Crippen LogP contribution in [-0.4, -0.2) is 11.5 Å². The van der Waals surface area contributed by atoms with E-state index in [0.29, 0.717) is 0 Å². The van der Waals surface area contributed by atoms with Crippen LogP contribution in [0.2, 0.25) is 5.02 Å². The number of rotatable bonds is 5. The van der Waals surface area contributed by atoms with Crippen molar-refractivity contribution in [2.75, 3.05) is 6.54 Å². The van der Waals surface area contributed by atoms with E-state index in [1.165, 1.54) is 5.56 Å². The van der Waals surface area contributed by atoms with Gasteiger partial charge in [-0.05, 0) is 37.6 Å². The molecule has 1 N–H and O–H groups in total. The molecule has 4 heteroatoms. The lowest BCUT2D eigenvalue weighted by molar-refractivity contribution is 0.588. The van der Waals surface area contributed by atoms with Crippen molar-refractivity contribution in [1.82, 2.24) is 10.3 Å². The molecule has 0 saturated carbocycles. The van der Waals surface area contributed by atoms with Crippen molar-refractivity contribution in [3.63, 3.8) is 0 Å². The molecule has 96 valence electrons. The first kappa shape index (κ1) is 13.5. The zero-order valence-electron chi connectivity index (χ0n) is 10.6. The molecule has 1 heterocycles. The van der Waals surface area contributed by atoms with Gasteiger partial charge < -0.3 is 5.32 Å². The van der Waals surface area contributed by atoms with Crippen molar-refractivity contribution in [3.05, 3.63) is 50.9 Å². The third kappa shape index (κ3) is 3.31. The van der Waals surface area contributed by atoms with Gasteiger partial charge in [-0.2, -0.15) is 0 Å². The van der Waals surface area contributed by atoms with Crippen molar-refractivity contribution < 1.29 is 0 Å². The third-order valence-corrected chi connectivity index (χ3v) is 3.74. The molecule has 1 aromatic carbocycles. The van der Waals surface area contributed by atoms with Gasteiger partial charge in [-0.15, -0.1) is 11.3 Å². The Morgan fingerprint density at radius 3 is 2.89 bits per heavy atom. The Balaban J connectivity index is 2.30. The standard InChI is InChI=1S/C14H17ClN2S/c1-3-7-16-14(13-9-18-10(2)17-13)11-5-4-6-12(15)8-11/h4-6,8-9,14,16H,3,7H2,1-2H3. The van der Waals surface area contributed by atoms with Crippen LogP contribution in [0, 0.1) is 6.92 Å². The molecular weight excluding hydrogens is 264 g/mol. The van der Waals surface area contributed by atoms with Gasteiger partial charge in [-0.25, -0.2) is 4.98 Å². The number of aryl methyl sites for hydroxylation is 1. The normalized spacial score (nSPS) is 12.6. The number of hydrogen-bond donors (Lipinski definition) is 1. The summed E-state index contributed by atoms with van der Waals surface area (Å²) in [6.45, 7) is 5.16. The topological polar surface area (TPSA) is 24.9 Å². The average molecular weight is 281 g/mol. The molecule has 0 aliphatic heterocycles. The molecule has 0 aliphatic carbocycles. The van der Waals surface area contributed by atoms with Crippen LogP contribution in [0.3, 0.4) is 0 Å². The summed E-state index contributed by atoms with van der Waals surface area (Å²) < 4.78 is 0. The maximum Gasteiger partial charge on any atom is 0.0898 e. The summed E-state index contributed by atoms with van der Waals surface area (Å²) in [6, 6.07) is 8.11. The minimum atomic E-state index is 0.133.